The summed E-state index contributed by atoms with van der Waals surface area (Å²) in [5, 5.41) is 4.21. The van der Waals surface area contributed by atoms with Gasteiger partial charge in [-0.15, -0.1) is 0 Å². The average Bonchev–Trinajstić information content (AvgIpc) is 3.38. The molecule has 0 saturated carbocycles. The fraction of sp³-hybridized carbons (Fsp3) is 0.304. The highest BCUT2D eigenvalue weighted by molar-refractivity contribution is 7.80. The molecule has 0 amide bonds. The molecule has 2 N–H and O–H groups in total. The van der Waals surface area contributed by atoms with Gasteiger partial charge in [-0.3, -0.25) is 4.98 Å². The lowest BCUT2D eigenvalue weighted by Gasteiger charge is -2.30. The number of anilines is 2. The lowest BCUT2D eigenvalue weighted by molar-refractivity contribution is 0.122. The van der Waals surface area contributed by atoms with Gasteiger partial charge in [-0.05, 0) is 67.7 Å². The standard InChI is InChI=1S/C23H25N5OS/c1-16-5-10-20(25-16)22-21(19-4-2-3-11-24-19)26-23(30)28(22)18-8-6-17(7-9-18)27-12-14-29-15-13-27/h2-11,21-22,25H,12-15H2,1H3,(H,26,30)/t21-,22+/m0/s1. The Morgan fingerprint density at radius 2 is 1.77 bits per heavy atom. The van der Waals surface area contributed by atoms with Gasteiger partial charge in [0.1, 0.15) is 6.04 Å². The number of hydrogen-bond donors (Lipinski definition) is 2. The summed E-state index contributed by atoms with van der Waals surface area (Å²) >= 11 is 5.79. The largest absolute Gasteiger partial charge is 0.378 e. The van der Waals surface area contributed by atoms with Crippen molar-refractivity contribution in [2.45, 2.75) is 19.0 Å². The number of ether oxygens (including phenoxy) is 1. The van der Waals surface area contributed by atoms with Crippen molar-refractivity contribution in [3.63, 3.8) is 0 Å². The Bertz CT molecular complexity index is 1010. The summed E-state index contributed by atoms with van der Waals surface area (Å²) in [6, 6.07) is 18.9. The molecular formula is C23H25N5OS. The van der Waals surface area contributed by atoms with Crippen molar-refractivity contribution in [1.82, 2.24) is 15.3 Å². The number of rotatable bonds is 4. The van der Waals surface area contributed by atoms with Crippen LogP contribution in [0.25, 0.3) is 0 Å². The SMILES string of the molecule is Cc1ccc([C@@H]2[C@H](c3ccccn3)NC(=S)N2c2ccc(N3CCOCC3)cc2)[nH]1. The molecule has 4 heterocycles. The third-order valence-electron chi connectivity index (χ3n) is 5.78. The molecule has 5 rings (SSSR count). The summed E-state index contributed by atoms with van der Waals surface area (Å²) in [7, 11) is 0. The first-order valence-electron chi connectivity index (χ1n) is 10.3. The third kappa shape index (κ3) is 3.55. The van der Waals surface area contributed by atoms with Gasteiger partial charge >= 0.3 is 0 Å². The van der Waals surface area contributed by atoms with Crippen LogP contribution in [0, 0.1) is 6.92 Å². The number of benzene rings is 1. The number of hydrogen-bond acceptors (Lipinski definition) is 4. The summed E-state index contributed by atoms with van der Waals surface area (Å²) in [6.07, 6.45) is 1.83. The number of aromatic nitrogens is 2. The molecule has 1 aromatic carbocycles. The Labute approximate surface area is 181 Å². The second kappa shape index (κ2) is 8.08. The molecule has 0 radical (unpaired) electrons. The van der Waals surface area contributed by atoms with Crippen LogP contribution in [0.4, 0.5) is 11.4 Å². The van der Waals surface area contributed by atoms with Crippen molar-refractivity contribution in [3.05, 3.63) is 77.9 Å². The predicted molar refractivity (Wildman–Crippen MR) is 123 cm³/mol. The molecule has 2 saturated heterocycles. The van der Waals surface area contributed by atoms with E-state index in [0.717, 1.165) is 49.1 Å². The van der Waals surface area contributed by atoms with Gasteiger partial charge in [0.25, 0.3) is 0 Å². The molecule has 2 fully saturated rings. The van der Waals surface area contributed by atoms with E-state index in [-0.39, 0.29) is 12.1 Å². The van der Waals surface area contributed by atoms with Gasteiger partial charge in [0.2, 0.25) is 0 Å². The van der Waals surface area contributed by atoms with Crippen LogP contribution in [0.1, 0.15) is 29.2 Å². The van der Waals surface area contributed by atoms with Crippen LogP contribution in [0.5, 0.6) is 0 Å². The van der Waals surface area contributed by atoms with E-state index in [0.29, 0.717) is 5.11 Å². The summed E-state index contributed by atoms with van der Waals surface area (Å²) in [5.41, 5.74) is 5.51. The number of aromatic amines is 1. The van der Waals surface area contributed by atoms with E-state index in [9.17, 15) is 0 Å². The number of thiocarbonyl (C=S) groups is 1. The van der Waals surface area contributed by atoms with Crippen molar-refractivity contribution in [2.24, 2.45) is 0 Å². The molecule has 0 unspecified atom stereocenters. The summed E-state index contributed by atoms with van der Waals surface area (Å²) in [4.78, 5) is 12.7. The monoisotopic (exact) mass is 419 g/mol. The van der Waals surface area contributed by atoms with Gasteiger partial charge in [0, 0.05) is 42.0 Å². The topological polar surface area (TPSA) is 56.4 Å². The van der Waals surface area contributed by atoms with Crippen LogP contribution in [-0.4, -0.2) is 41.4 Å². The molecule has 154 valence electrons. The normalized spacial score (nSPS) is 21.7. The van der Waals surface area contributed by atoms with E-state index in [1.165, 1.54) is 5.69 Å². The fourth-order valence-electron chi connectivity index (χ4n) is 4.29. The molecule has 2 aromatic heterocycles. The van der Waals surface area contributed by atoms with Gasteiger partial charge in [-0.2, -0.15) is 0 Å². The Balaban J connectivity index is 1.50. The minimum absolute atomic E-state index is 0.00432. The molecular weight excluding hydrogens is 394 g/mol. The first-order chi connectivity index (χ1) is 14.7. The quantitative estimate of drug-likeness (QED) is 0.629. The molecule has 2 aliphatic heterocycles. The molecule has 7 heteroatoms. The second-order valence-electron chi connectivity index (χ2n) is 7.71. The van der Waals surface area contributed by atoms with Crippen molar-refractivity contribution in [2.75, 3.05) is 36.1 Å². The van der Waals surface area contributed by atoms with Crippen LogP contribution in [0.3, 0.4) is 0 Å². The smallest absolute Gasteiger partial charge is 0.174 e. The zero-order valence-corrected chi connectivity index (χ0v) is 17.7. The highest BCUT2D eigenvalue weighted by Gasteiger charge is 2.41. The lowest BCUT2D eigenvalue weighted by atomic mass is 10.0. The van der Waals surface area contributed by atoms with E-state index < -0.39 is 0 Å². The van der Waals surface area contributed by atoms with Gasteiger partial charge in [-0.1, -0.05) is 6.07 Å². The lowest BCUT2D eigenvalue weighted by Crippen LogP contribution is -2.36. The fourth-order valence-corrected chi connectivity index (χ4v) is 4.64. The predicted octanol–water partition coefficient (Wildman–Crippen LogP) is 3.73. The second-order valence-corrected chi connectivity index (χ2v) is 8.10. The maximum atomic E-state index is 5.79. The van der Waals surface area contributed by atoms with Gasteiger partial charge in [0.15, 0.2) is 5.11 Å². The van der Waals surface area contributed by atoms with E-state index in [1.54, 1.807) is 0 Å². The molecule has 3 aromatic rings. The van der Waals surface area contributed by atoms with Crippen LogP contribution >= 0.6 is 12.2 Å². The van der Waals surface area contributed by atoms with Crippen molar-refractivity contribution < 1.29 is 4.74 Å². The molecule has 0 bridgehead atoms. The zero-order valence-electron chi connectivity index (χ0n) is 16.9. The molecule has 6 nitrogen and oxygen atoms in total. The van der Waals surface area contributed by atoms with E-state index in [2.05, 4.69) is 68.4 Å². The molecule has 2 aliphatic rings. The Hall–Kier alpha value is -2.90. The number of nitrogens with zero attached hydrogens (tertiary/aromatic N) is 3. The third-order valence-corrected chi connectivity index (χ3v) is 6.09. The summed E-state index contributed by atoms with van der Waals surface area (Å²) < 4.78 is 5.47. The molecule has 2 atom stereocenters. The number of H-pyrrole nitrogens is 1. The molecule has 30 heavy (non-hydrogen) atoms. The first-order valence-corrected chi connectivity index (χ1v) is 10.7. The zero-order chi connectivity index (χ0) is 20.5. The maximum absolute atomic E-state index is 5.79. The average molecular weight is 420 g/mol. The van der Waals surface area contributed by atoms with Gasteiger partial charge in [-0.25, -0.2) is 0 Å². The minimum Gasteiger partial charge on any atom is -0.378 e. The van der Waals surface area contributed by atoms with Crippen molar-refractivity contribution in [1.29, 1.82) is 0 Å². The van der Waals surface area contributed by atoms with Crippen LogP contribution in [0.15, 0.2) is 60.8 Å². The number of aryl methyl sites for hydroxylation is 1. The number of morpholine rings is 1. The van der Waals surface area contributed by atoms with Crippen LogP contribution < -0.4 is 15.1 Å². The van der Waals surface area contributed by atoms with Crippen molar-refractivity contribution in [3.8, 4) is 0 Å². The van der Waals surface area contributed by atoms with E-state index in [4.69, 9.17) is 17.0 Å². The highest BCUT2D eigenvalue weighted by atomic mass is 32.1. The van der Waals surface area contributed by atoms with Crippen LogP contribution in [0.2, 0.25) is 0 Å². The molecule has 0 aliphatic carbocycles. The first kappa shape index (κ1) is 19.1. The van der Waals surface area contributed by atoms with E-state index in [1.807, 2.05) is 24.4 Å². The summed E-state index contributed by atoms with van der Waals surface area (Å²) in [6.45, 7) is 5.48. The Morgan fingerprint density at radius 1 is 1.00 bits per heavy atom. The van der Waals surface area contributed by atoms with Gasteiger partial charge in [0.05, 0.1) is 24.9 Å². The summed E-state index contributed by atoms with van der Waals surface area (Å²) in [5.74, 6) is 0. The van der Waals surface area contributed by atoms with Gasteiger partial charge < -0.3 is 24.8 Å². The minimum atomic E-state index is -0.0318. The number of nitrogens with one attached hydrogen (secondary N) is 2. The molecule has 0 spiro atoms. The highest BCUT2D eigenvalue weighted by Crippen LogP contribution is 2.41. The maximum Gasteiger partial charge on any atom is 0.174 e. The van der Waals surface area contributed by atoms with Crippen molar-refractivity contribution >= 4 is 28.7 Å². The number of pyridine rings is 1. The van der Waals surface area contributed by atoms with Crippen LogP contribution in [-0.2, 0) is 4.74 Å². The Morgan fingerprint density at radius 3 is 2.43 bits per heavy atom. The Kier molecular flexibility index (Phi) is 5.14. The van der Waals surface area contributed by atoms with E-state index >= 15 is 0 Å².